The van der Waals surface area contributed by atoms with E-state index < -0.39 is 22.7 Å². The number of pyridine rings is 1. The van der Waals surface area contributed by atoms with E-state index in [-0.39, 0.29) is 10.7 Å². The largest absolute Gasteiger partial charge is 0.418 e. The average molecular weight is 354 g/mol. The first-order valence-corrected chi connectivity index (χ1v) is 7.77. The van der Waals surface area contributed by atoms with Gasteiger partial charge in [0.25, 0.3) is 5.91 Å². The molecule has 0 saturated carbocycles. The molecule has 0 aromatic carbocycles. The zero-order chi connectivity index (χ0) is 15.6. The molecule has 2 heterocycles. The van der Waals surface area contributed by atoms with Gasteiger partial charge in [-0.05, 0) is 12.3 Å². The Labute approximate surface area is 130 Å². The lowest BCUT2D eigenvalue weighted by Gasteiger charge is -2.10. The van der Waals surface area contributed by atoms with Gasteiger partial charge >= 0.3 is 6.18 Å². The fourth-order valence-electron chi connectivity index (χ4n) is 1.36. The minimum Gasteiger partial charge on any atom is -0.306 e. The van der Waals surface area contributed by atoms with Crippen LogP contribution in [0.4, 0.5) is 19.0 Å². The number of halogens is 4. The smallest absolute Gasteiger partial charge is 0.306 e. The second-order valence-electron chi connectivity index (χ2n) is 3.70. The van der Waals surface area contributed by atoms with Crippen LogP contribution in [0.2, 0.25) is 5.02 Å². The Morgan fingerprint density at radius 2 is 2.10 bits per heavy atom. The van der Waals surface area contributed by atoms with Gasteiger partial charge in [-0.3, -0.25) is 4.79 Å². The van der Waals surface area contributed by atoms with E-state index in [1.807, 2.05) is 0 Å². The Morgan fingerprint density at radius 1 is 1.38 bits per heavy atom. The number of thiazole rings is 1. The van der Waals surface area contributed by atoms with Crippen LogP contribution in [0.25, 0.3) is 0 Å². The molecular weight excluding hydrogens is 347 g/mol. The molecule has 0 saturated heterocycles. The predicted molar refractivity (Wildman–Crippen MR) is 76.1 cm³/mol. The molecular formula is C11H7ClF3N3OS2. The third-order valence-corrected chi connectivity index (χ3v) is 4.58. The zero-order valence-corrected chi connectivity index (χ0v) is 12.8. The van der Waals surface area contributed by atoms with E-state index in [9.17, 15) is 18.0 Å². The highest BCUT2D eigenvalue weighted by Crippen LogP contribution is 2.35. The fraction of sp³-hybridized carbons (Fsp3) is 0.182. The van der Waals surface area contributed by atoms with Crippen LogP contribution < -0.4 is 5.32 Å². The molecule has 2 aromatic heterocycles. The number of thioether (sulfide) groups is 1. The molecule has 0 aliphatic rings. The van der Waals surface area contributed by atoms with Crippen molar-refractivity contribution in [3.63, 3.8) is 0 Å². The number of amides is 1. The van der Waals surface area contributed by atoms with E-state index in [0.29, 0.717) is 10.4 Å². The molecule has 1 amide bonds. The van der Waals surface area contributed by atoms with E-state index in [1.54, 1.807) is 6.26 Å². The molecule has 0 aliphatic carbocycles. The molecule has 0 spiro atoms. The molecule has 0 unspecified atom stereocenters. The van der Waals surface area contributed by atoms with Crippen LogP contribution in [0.15, 0.2) is 22.8 Å². The number of hydrogen-bond donors (Lipinski definition) is 1. The summed E-state index contributed by atoms with van der Waals surface area (Å²) in [6.45, 7) is 0. The van der Waals surface area contributed by atoms with Crippen LogP contribution in [-0.2, 0) is 6.18 Å². The van der Waals surface area contributed by atoms with Gasteiger partial charge in [0.2, 0.25) is 0 Å². The standard InChI is InChI=1S/C11H7ClF3N3OS2/c1-20-10-17-4-7(21-10)9(19)18-8-2-5(11(13,14)15)6(12)3-16-8/h2-4H,1H3,(H,16,18,19). The summed E-state index contributed by atoms with van der Waals surface area (Å²) in [7, 11) is 0. The number of anilines is 1. The molecule has 0 radical (unpaired) electrons. The van der Waals surface area contributed by atoms with Crippen molar-refractivity contribution in [1.29, 1.82) is 0 Å². The summed E-state index contributed by atoms with van der Waals surface area (Å²) in [4.78, 5) is 19.8. The topological polar surface area (TPSA) is 54.9 Å². The summed E-state index contributed by atoms with van der Waals surface area (Å²) in [6.07, 6.45) is -0.612. The normalized spacial score (nSPS) is 11.5. The van der Waals surface area contributed by atoms with Crippen molar-refractivity contribution in [2.75, 3.05) is 11.6 Å². The van der Waals surface area contributed by atoms with Crippen molar-refractivity contribution in [3.8, 4) is 0 Å². The monoisotopic (exact) mass is 353 g/mol. The predicted octanol–water partition coefficient (Wildman–Crippen LogP) is 4.18. The van der Waals surface area contributed by atoms with E-state index in [2.05, 4.69) is 15.3 Å². The van der Waals surface area contributed by atoms with Crippen LogP contribution in [-0.4, -0.2) is 22.1 Å². The van der Waals surface area contributed by atoms with Gasteiger partial charge in [0.05, 0.1) is 16.8 Å². The highest BCUT2D eigenvalue weighted by atomic mass is 35.5. The van der Waals surface area contributed by atoms with E-state index >= 15 is 0 Å². The second-order valence-corrected chi connectivity index (χ2v) is 6.19. The van der Waals surface area contributed by atoms with Gasteiger partial charge < -0.3 is 5.32 Å². The summed E-state index contributed by atoms with van der Waals surface area (Å²) < 4.78 is 38.8. The molecule has 0 fully saturated rings. The van der Waals surface area contributed by atoms with Crippen molar-refractivity contribution in [2.45, 2.75) is 10.5 Å². The first kappa shape index (κ1) is 16.1. The first-order chi connectivity index (χ1) is 9.81. The number of nitrogens with one attached hydrogen (secondary N) is 1. The molecule has 2 aromatic rings. The van der Waals surface area contributed by atoms with Gasteiger partial charge in [0, 0.05) is 6.20 Å². The summed E-state index contributed by atoms with van der Waals surface area (Å²) in [6, 6.07) is 0.691. The first-order valence-electron chi connectivity index (χ1n) is 5.35. The Kier molecular flexibility index (Phi) is 4.74. The molecule has 0 bridgehead atoms. The molecule has 4 nitrogen and oxygen atoms in total. The summed E-state index contributed by atoms with van der Waals surface area (Å²) in [5.41, 5.74) is -1.05. The summed E-state index contributed by atoms with van der Waals surface area (Å²) in [5, 5.41) is 1.76. The molecule has 1 N–H and O–H groups in total. The maximum absolute atomic E-state index is 12.7. The van der Waals surface area contributed by atoms with E-state index in [4.69, 9.17) is 11.6 Å². The number of nitrogens with zero attached hydrogens (tertiary/aromatic N) is 2. The lowest BCUT2D eigenvalue weighted by atomic mass is 10.2. The van der Waals surface area contributed by atoms with Gasteiger partial charge in [-0.1, -0.05) is 23.4 Å². The van der Waals surface area contributed by atoms with Gasteiger partial charge in [-0.25, -0.2) is 9.97 Å². The lowest BCUT2D eigenvalue weighted by Crippen LogP contribution is -2.13. The number of aromatic nitrogens is 2. The van der Waals surface area contributed by atoms with Gasteiger partial charge in [0.1, 0.15) is 15.0 Å². The van der Waals surface area contributed by atoms with Crippen molar-refractivity contribution in [2.24, 2.45) is 0 Å². The highest BCUT2D eigenvalue weighted by Gasteiger charge is 2.34. The molecule has 0 atom stereocenters. The summed E-state index contributed by atoms with van der Waals surface area (Å²) in [5.74, 6) is -0.799. The Bertz CT molecular complexity index is 675. The SMILES string of the molecule is CSc1ncc(C(=O)Nc2cc(C(F)(F)F)c(Cl)cn2)s1. The van der Waals surface area contributed by atoms with Crippen molar-refractivity contribution in [1.82, 2.24) is 9.97 Å². The molecule has 112 valence electrons. The Balaban J connectivity index is 2.21. The molecule has 2 rings (SSSR count). The number of hydrogen-bond acceptors (Lipinski definition) is 5. The highest BCUT2D eigenvalue weighted by molar-refractivity contribution is 8.00. The fourth-order valence-corrected chi connectivity index (χ4v) is 2.87. The molecule has 10 heteroatoms. The van der Waals surface area contributed by atoms with Crippen LogP contribution in [0.1, 0.15) is 15.2 Å². The number of rotatable bonds is 3. The minimum absolute atomic E-state index is 0.226. The van der Waals surface area contributed by atoms with Gasteiger partial charge in [-0.2, -0.15) is 13.2 Å². The quantitative estimate of drug-likeness (QED) is 0.841. The van der Waals surface area contributed by atoms with Gasteiger partial charge in [0.15, 0.2) is 0 Å². The third kappa shape index (κ3) is 3.86. The van der Waals surface area contributed by atoms with Crippen LogP contribution in [0.3, 0.4) is 0 Å². The van der Waals surface area contributed by atoms with Crippen LogP contribution in [0.5, 0.6) is 0 Å². The van der Waals surface area contributed by atoms with Crippen LogP contribution >= 0.6 is 34.7 Å². The van der Waals surface area contributed by atoms with Crippen molar-refractivity contribution in [3.05, 3.63) is 33.9 Å². The maximum Gasteiger partial charge on any atom is 0.418 e. The Morgan fingerprint density at radius 3 is 2.67 bits per heavy atom. The maximum atomic E-state index is 12.7. The third-order valence-electron chi connectivity index (χ3n) is 2.29. The number of carbonyl (C=O) groups excluding carboxylic acids is 1. The number of carbonyl (C=O) groups is 1. The van der Waals surface area contributed by atoms with E-state index in [1.165, 1.54) is 18.0 Å². The molecule has 0 aliphatic heterocycles. The second kappa shape index (κ2) is 6.20. The van der Waals surface area contributed by atoms with E-state index in [0.717, 1.165) is 17.5 Å². The Hall–Kier alpha value is -1.32. The lowest BCUT2D eigenvalue weighted by molar-refractivity contribution is -0.137. The van der Waals surface area contributed by atoms with Gasteiger partial charge in [-0.15, -0.1) is 11.3 Å². The minimum atomic E-state index is -4.62. The van der Waals surface area contributed by atoms with Crippen molar-refractivity contribution >= 4 is 46.4 Å². The van der Waals surface area contributed by atoms with Crippen LogP contribution in [0, 0.1) is 0 Å². The zero-order valence-electron chi connectivity index (χ0n) is 10.4. The molecule has 21 heavy (non-hydrogen) atoms. The summed E-state index contributed by atoms with van der Waals surface area (Å²) >= 11 is 7.95. The average Bonchev–Trinajstić information content (AvgIpc) is 2.88. The number of alkyl halides is 3. The van der Waals surface area contributed by atoms with Crippen molar-refractivity contribution < 1.29 is 18.0 Å².